The van der Waals surface area contributed by atoms with E-state index < -0.39 is 0 Å². The van der Waals surface area contributed by atoms with Gasteiger partial charge < -0.3 is 19.3 Å². The summed E-state index contributed by atoms with van der Waals surface area (Å²) in [6.45, 7) is 16.9. The van der Waals surface area contributed by atoms with Crippen LogP contribution in [0.15, 0.2) is 25.3 Å². The maximum atomic E-state index is 12.2. The third kappa shape index (κ3) is 38.9. The lowest BCUT2D eigenvalue weighted by atomic mass is 9.90. The van der Waals surface area contributed by atoms with Crippen LogP contribution in [-0.2, 0) is 28.7 Å². The van der Waals surface area contributed by atoms with Gasteiger partial charge in [-0.15, -0.1) is 0 Å². The molecule has 0 heterocycles. The zero-order valence-electron chi connectivity index (χ0n) is 35.5. The van der Waals surface area contributed by atoms with Crippen molar-refractivity contribution in [1.82, 2.24) is 9.80 Å². The Morgan fingerprint density at radius 1 is 0.558 bits per heavy atom. The highest BCUT2D eigenvalue weighted by molar-refractivity contribution is 5.90. The number of nitrogens with zero attached hydrogens (tertiary/aromatic N) is 2. The molecule has 0 fully saturated rings. The van der Waals surface area contributed by atoms with E-state index in [0.717, 1.165) is 19.3 Å². The second-order valence-corrected chi connectivity index (χ2v) is 14.5. The van der Waals surface area contributed by atoms with Crippen molar-refractivity contribution in [2.45, 2.75) is 169 Å². The number of Topliss-reactive ketones (excluding diaryl/α,β-unsaturated/α-hetero) is 1. The maximum Gasteiger partial charge on any atom is 0.245 e. The number of unbranched alkanes of at least 4 members (excludes halogenated alkanes) is 18. The number of carbonyl (C=O) groups is 4. The van der Waals surface area contributed by atoms with Crippen LogP contribution in [0.1, 0.15) is 169 Å². The Labute approximate surface area is 321 Å². The van der Waals surface area contributed by atoms with E-state index in [1.54, 1.807) is 33.1 Å². The fourth-order valence-electron chi connectivity index (χ4n) is 5.48. The van der Waals surface area contributed by atoms with Crippen LogP contribution in [-0.4, -0.2) is 87.8 Å². The van der Waals surface area contributed by atoms with Gasteiger partial charge in [0.25, 0.3) is 0 Å². The summed E-state index contributed by atoms with van der Waals surface area (Å²) >= 11 is 0. The average molecular weight is 737 g/mol. The minimum Gasteiger partial charge on any atom is -0.374 e. The van der Waals surface area contributed by atoms with Crippen LogP contribution in [0.25, 0.3) is 0 Å². The first-order chi connectivity index (χ1) is 24.9. The van der Waals surface area contributed by atoms with Gasteiger partial charge in [0, 0.05) is 53.2 Å². The summed E-state index contributed by atoms with van der Waals surface area (Å²) in [5.41, 5.74) is 0. The number of amides is 2. The SMILES string of the molecule is C=CC(=O)COCCCCCCCCCCCC.C=CC(=O)N(C)C.CCCCCCCCCCCCOCC(=O)C(C)CC(CC)C(=O)N(C)C. The quantitative estimate of drug-likeness (QED) is 0.0492. The molecule has 0 aromatic carbocycles. The Balaban J connectivity index is -0.000000820. The van der Waals surface area contributed by atoms with Gasteiger partial charge in [-0.25, -0.2) is 0 Å². The molecule has 0 N–H and O–H groups in total. The van der Waals surface area contributed by atoms with Crippen LogP contribution in [0, 0.1) is 11.8 Å². The number of likely N-dealkylation sites (N-methyl/N-ethyl adjacent to an activating group) is 1. The predicted octanol–water partition coefficient (Wildman–Crippen LogP) is 10.6. The summed E-state index contributed by atoms with van der Waals surface area (Å²) in [6, 6.07) is 0. The smallest absolute Gasteiger partial charge is 0.245 e. The lowest BCUT2D eigenvalue weighted by molar-refractivity contribution is -0.134. The van der Waals surface area contributed by atoms with Crippen molar-refractivity contribution in [1.29, 1.82) is 0 Å². The van der Waals surface area contributed by atoms with Gasteiger partial charge in [0.2, 0.25) is 11.8 Å². The van der Waals surface area contributed by atoms with Crippen LogP contribution >= 0.6 is 0 Å². The van der Waals surface area contributed by atoms with Gasteiger partial charge >= 0.3 is 0 Å². The molecule has 0 aliphatic carbocycles. The number of ketones is 2. The third-order valence-electron chi connectivity index (χ3n) is 9.09. The van der Waals surface area contributed by atoms with Crippen molar-refractivity contribution in [3.05, 3.63) is 25.3 Å². The van der Waals surface area contributed by atoms with Gasteiger partial charge in [-0.1, -0.05) is 156 Å². The minimum absolute atomic E-state index is 0.0259. The third-order valence-corrected chi connectivity index (χ3v) is 9.09. The van der Waals surface area contributed by atoms with Gasteiger partial charge in [-0.3, -0.25) is 19.2 Å². The molecule has 0 saturated carbocycles. The number of ether oxygens (including phenoxy) is 2. The first-order valence-electron chi connectivity index (χ1n) is 20.8. The fourth-order valence-corrected chi connectivity index (χ4v) is 5.48. The normalized spacial score (nSPS) is 11.6. The van der Waals surface area contributed by atoms with Crippen LogP contribution in [0.3, 0.4) is 0 Å². The Kier molecular flexibility index (Phi) is 43.1. The van der Waals surface area contributed by atoms with Gasteiger partial charge in [-0.2, -0.15) is 0 Å². The highest BCUT2D eigenvalue weighted by Crippen LogP contribution is 2.19. The topological polar surface area (TPSA) is 93.2 Å². The molecule has 2 unspecified atom stereocenters. The van der Waals surface area contributed by atoms with E-state index in [1.165, 1.54) is 133 Å². The zero-order chi connectivity index (χ0) is 39.8. The standard InChI is InChI=1S/C23H45NO3.C16H30O2.C5H9NO/c1-6-8-9-10-11-12-13-14-15-16-17-27-19-22(25)20(3)18-21(7-2)23(26)24(4)5;1-3-5-6-7-8-9-10-11-12-13-14-18-15-16(17)4-2;1-4-5(7)6(2)3/h20-21H,6-19H2,1-5H3;4H,2-3,5-15H2,1H3;4H,1H2,2-3H3. The molecule has 8 nitrogen and oxygen atoms in total. The van der Waals surface area contributed by atoms with Gasteiger partial charge in [0.1, 0.15) is 13.2 Å². The summed E-state index contributed by atoms with van der Waals surface area (Å²) in [6.07, 6.45) is 30.2. The van der Waals surface area contributed by atoms with Gasteiger partial charge in [0.15, 0.2) is 11.6 Å². The molecular formula is C44H84N2O6. The first kappa shape index (κ1) is 54.0. The highest BCUT2D eigenvalue weighted by Gasteiger charge is 2.24. The van der Waals surface area contributed by atoms with E-state index in [2.05, 4.69) is 27.0 Å². The zero-order valence-corrected chi connectivity index (χ0v) is 35.5. The van der Waals surface area contributed by atoms with E-state index in [4.69, 9.17) is 9.47 Å². The average Bonchev–Trinajstić information content (AvgIpc) is 3.14. The van der Waals surface area contributed by atoms with E-state index in [9.17, 15) is 19.2 Å². The molecule has 8 heteroatoms. The van der Waals surface area contributed by atoms with Crippen molar-refractivity contribution in [2.75, 3.05) is 54.6 Å². The molecule has 2 atom stereocenters. The summed E-state index contributed by atoms with van der Waals surface area (Å²) in [5, 5.41) is 0. The molecule has 0 radical (unpaired) electrons. The van der Waals surface area contributed by atoms with Gasteiger partial charge in [0.05, 0.1) is 0 Å². The van der Waals surface area contributed by atoms with Crippen molar-refractivity contribution < 1.29 is 28.7 Å². The molecular weight excluding hydrogens is 652 g/mol. The summed E-state index contributed by atoms with van der Waals surface area (Å²) in [5.74, 6) is -0.0370. The van der Waals surface area contributed by atoms with Crippen LogP contribution in [0.2, 0.25) is 0 Å². The lowest BCUT2D eigenvalue weighted by Crippen LogP contribution is -2.32. The van der Waals surface area contributed by atoms with Crippen molar-refractivity contribution in [3.8, 4) is 0 Å². The molecule has 0 aromatic rings. The van der Waals surface area contributed by atoms with Gasteiger partial charge in [-0.05, 0) is 37.8 Å². The molecule has 0 aliphatic rings. The lowest BCUT2D eigenvalue weighted by Gasteiger charge is -2.21. The molecule has 306 valence electrons. The Morgan fingerprint density at radius 2 is 0.942 bits per heavy atom. The second-order valence-electron chi connectivity index (χ2n) is 14.5. The highest BCUT2D eigenvalue weighted by atomic mass is 16.5. The second kappa shape index (κ2) is 41.4. The van der Waals surface area contributed by atoms with Crippen molar-refractivity contribution >= 4 is 23.4 Å². The molecule has 0 saturated heterocycles. The number of hydrogen-bond acceptors (Lipinski definition) is 6. The molecule has 0 aromatic heterocycles. The number of hydrogen-bond donors (Lipinski definition) is 0. The predicted molar refractivity (Wildman–Crippen MR) is 221 cm³/mol. The molecule has 0 spiro atoms. The number of rotatable bonds is 33. The Bertz CT molecular complexity index is 873. The van der Waals surface area contributed by atoms with E-state index in [1.807, 2.05) is 13.8 Å². The van der Waals surface area contributed by atoms with Crippen LogP contribution in [0.4, 0.5) is 0 Å². The molecule has 0 bridgehead atoms. The molecule has 52 heavy (non-hydrogen) atoms. The summed E-state index contributed by atoms with van der Waals surface area (Å²) in [4.78, 5) is 48.6. The van der Waals surface area contributed by atoms with E-state index >= 15 is 0 Å². The fraction of sp³-hybridized carbons (Fsp3) is 0.818. The molecule has 2 amide bonds. The number of carbonyl (C=O) groups excluding carboxylic acids is 4. The monoisotopic (exact) mass is 737 g/mol. The summed E-state index contributed by atoms with van der Waals surface area (Å²) in [7, 11) is 6.91. The largest absolute Gasteiger partial charge is 0.374 e. The first-order valence-corrected chi connectivity index (χ1v) is 20.8. The molecule has 0 rings (SSSR count). The Morgan fingerprint density at radius 3 is 1.25 bits per heavy atom. The molecule has 0 aliphatic heterocycles. The maximum absolute atomic E-state index is 12.2. The summed E-state index contributed by atoms with van der Waals surface area (Å²) < 4.78 is 10.8. The van der Waals surface area contributed by atoms with Crippen molar-refractivity contribution in [2.24, 2.45) is 11.8 Å². The van der Waals surface area contributed by atoms with Crippen molar-refractivity contribution in [3.63, 3.8) is 0 Å². The van der Waals surface area contributed by atoms with E-state index in [0.29, 0.717) is 19.6 Å². The van der Waals surface area contributed by atoms with Crippen LogP contribution in [0.5, 0.6) is 0 Å². The Hall–Kier alpha value is -2.32. The minimum atomic E-state index is -0.119. The van der Waals surface area contributed by atoms with E-state index in [-0.39, 0.29) is 48.4 Å². The van der Waals surface area contributed by atoms with Crippen LogP contribution < -0.4 is 0 Å².